The van der Waals surface area contributed by atoms with Crippen molar-refractivity contribution < 1.29 is 9.59 Å². The molecule has 2 aromatic carbocycles. The van der Waals surface area contributed by atoms with Crippen LogP contribution < -0.4 is 10.6 Å². The molecule has 2 amide bonds. The second kappa shape index (κ2) is 11.1. The summed E-state index contributed by atoms with van der Waals surface area (Å²) in [5.74, 6) is 0.152. The third kappa shape index (κ3) is 7.09. The van der Waals surface area contributed by atoms with Gasteiger partial charge in [-0.05, 0) is 43.5 Å². The van der Waals surface area contributed by atoms with Crippen LogP contribution in [-0.4, -0.2) is 11.8 Å². The number of carbonyl (C=O) groups is 2. The lowest BCUT2D eigenvalue weighted by Gasteiger charge is -2.15. The molecule has 0 saturated heterocycles. The number of hydrogen-bond donors (Lipinski definition) is 2. The van der Waals surface area contributed by atoms with Crippen molar-refractivity contribution in [1.29, 1.82) is 0 Å². The number of amides is 2. The van der Waals surface area contributed by atoms with E-state index in [1.165, 1.54) is 0 Å². The van der Waals surface area contributed by atoms with E-state index in [4.69, 9.17) is 0 Å². The lowest BCUT2D eigenvalue weighted by atomic mass is 9.97. The Morgan fingerprint density at radius 3 is 1.96 bits per heavy atom. The van der Waals surface area contributed by atoms with Gasteiger partial charge in [0.25, 0.3) is 0 Å². The summed E-state index contributed by atoms with van der Waals surface area (Å²) in [7, 11) is 0. The van der Waals surface area contributed by atoms with Gasteiger partial charge in [0.05, 0.1) is 0 Å². The molecule has 2 aromatic rings. The van der Waals surface area contributed by atoms with Gasteiger partial charge in [-0.3, -0.25) is 9.59 Å². The second-order valence-electron chi connectivity index (χ2n) is 6.47. The number of benzene rings is 2. The fourth-order valence-electron chi connectivity index (χ4n) is 2.88. The topological polar surface area (TPSA) is 58.2 Å². The van der Waals surface area contributed by atoms with Crippen molar-refractivity contribution >= 4 is 23.2 Å². The average molecular weight is 352 g/mol. The van der Waals surface area contributed by atoms with E-state index < -0.39 is 0 Å². The molecule has 1 unspecified atom stereocenters. The maximum atomic E-state index is 12.3. The van der Waals surface area contributed by atoms with Crippen LogP contribution in [0.5, 0.6) is 0 Å². The molecule has 0 spiro atoms. The molecular formula is C22H28N2O2. The van der Waals surface area contributed by atoms with Gasteiger partial charge in [-0.15, -0.1) is 0 Å². The van der Waals surface area contributed by atoms with Crippen molar-refractivity contribution in [3.05, 3.63) is 60.7 Å². The van der Waals surface area contributed by atoms with E-state index in [1.807, 2.05) is 67.6 Å². The minimum atomic E-state index is 0.0216. The Morgan fingerprint density at radius 2 is 1.38 bits per heavy atom. The summed E-state index contributed by atoms with van der Waals surface area (Å²) < 4.78 is 0. The molecule has 0 fully saturated rings. The van der Waals surface area contributed by atoms with Crippen LogP contribution in [0.15, 0.2) is 60.7 Å². The quantitative estimate of drug-likeness (QED) is 0.574. The number of unbranched alkanes of at least 4 members (excludes halogenated alkanes) is 2. The first-order valence-corrected chi connectivity index (χ1v) is 9.40. The fraction of sp³-hybridized carbons (Fsp3) is 0.364. The highest BCUT2D eigenvalue weighted by atomic mass is 16.2. The van der Waals surface area contributed by atoms with Crippen LogP contribution in [0.4, 0.5) is 11.4 Å². The highest BCUT2D eigenvalue weighted by molar-refractivity contribution is 5.92. The third-order valence-corrected chi connectivity index (χ3v) is 4.42. The van der Waals surface area contributed by atoms with Crippen molar-refractivity contribution in [3.63, 3.8) is 0 Å². The van der Waals surface area contributed by atoms with Crippen LogP contribution in [0, 0.1) is 5.92 Å². The van der Waals surface area contributed by atoms with Gasteiger partial charge in [-0.25, -0.2) is 0 Å². The first-order valence-electron chi connectivity index (χ1n) is 9.40. The average Bonchev–Trinajstić information content (AvgIpc) is 2.66. The standard InChI is InChI=1S/C22H28N2O2/c1-2-18(22(26)24-20-15-9-5-10-16-20)12-6-3-11-17-21(25)23-19-13-7-4-8-14-19/h4-5,7-10,13-16,18H,2-3,6,11-12,17H2,1H3,(H,23,25)(H,24,26). The smallest absolute Gasteiger partial charge is 0.227 e. The molecular weight excluding hydrogens is 324 g/mol. The monoisotopic (exact) mass is 352 g/mol. The molecule has 0 bridgehead atoms. The molecule has 0 aliphatic carbocycles. The maximum Gasteiger partial charge on any atom is 0.227 e. The van der Waals surface area contributed by atoms with Gasteiger partial charge < -0.3 is 10.6 Å². The van der Waals surface area contributed by atoms with E-state index in [1.54, 1.807) is 0 Å². The van der Waals surface area contributed by atoms with Gasteiger partial charge in [0.2, 0.25) is 11.8 Å². The molecule has 0 saturated carbocycles. The van der Waals surface area contributed by atoms with Crippen molar-refractivity contribution in [2.45, 2.75) is 45.4 Å². The molecule has 138 valence electrons. The van der Waals surface area contributed by atoms with Gasteiger partial charge in [-0.1, -0.05) is 56.2 Å². The third-order valence-electron chi connectivity index (χ3n) is 4.42. The molecule has 4 nitrogen and oxygen atoms in total. The molecule has 1 atom stereocenters. The Bertz CT molecular complexity index is 671. The molecule has 2 N–H and O–H groups in total. The summed E-state index contributed by atoms with van der Waals surface area (Å²) in [4.78, 5) is 24.2. The molecule has 2 rings (SSSR count). The van der Waals surface area contributed by atoms with Crippen molar-refractivity contribution in [2.24, 2.45) is 5.92 Å². The number of carbonyl (C=O) groups excluding carboxylic acids is 2. The Labute approximate surface area is 156 Å². The Kier molecular flexibility index (Phi) is 8.40. The predicted molar refractivity (Wildman–Crippen MR) is 107 cm³/mol. The summed E-state index contributed by atoms with van der Waals surface area (Å²) in [6.45, 7) is 2.04. The van der Waals surface area contributed by atoms with E-state index in [2.05, 4.69) is 10.6 Å². The minimum absolute atomic E-state index is 0.0216. The number of hydrogen-bond acceptors (Lipinski definition) is 2. The van der Waals surface area contributed by atoms with E-state index in [-0.39, 0.29) is 17.7 Å². The summed E-state index contributed by atoms with van der Waals surface area (Å²) in [6, 6.07) is 19.1. The minimum Gasteiger partial charge on any atom is -0.326 e. The summed E-state index contributed by atoms with van der Waals surface area (Å²) in [5.41, 5.74) is 1.68. The van der Waals surface area contributed by atoms with Gasteiger partial charge in [-0.2, -0.15) is 0 Å². The van der Waals surface area contributed by atoms with Crippen LogP contribution in [0.2, 0.25) is 0 Å². The van der Waals surface area contributed by atoms with Crippen molar-refractivity contribution in [3.8, 4) is 0 Å². The van der Waals surface area contributed by atoms with Crippen LogP contribution in [0.1, 0.15) is 45.4 Å². The van der Waals surface area contributed by atoms with Crippen LogP contribution in [0.3, 0.4) is 0 Å². The predicted octanol–water partition coefficient (Wildman–Crippen LogP) is 5.24. The van der Waals surface area contributed by atoms with E-state index in [0.717, 1.165) is 43.5 Å². The molecule has 26 heavy (non-hydrogen) atoms. The molecule has 0 aromatic heterocycles. The van der Waals surface area contributed by atoms with Gasteiger partial charge in [0, 0.05) is 23.7 Å². The molecule has 0 aliphatic heterocycles. The highest BCUT2D eigenvalue weighted by Gasteiger charge is 2.16. The molecule has 0 aliphatic rings. The number of anilines is 2. The first kappa shape index (κ1) is 19.7. The normalized spacial score (nSPS) is 11.6. The van der Waals surface area contributed by atoms with Crippen LogP contribution in [0.25, 0.3) is 0 Å². The van der Waals surface area contributed by atoms with Crippen molar-refractivity contribution in [2.75, 3.05) is 10.6 Å². The lowest BCUT2D eigenvalue weighted by molar-refractivity contribution is -0.120. The van der Waals surface area contributed by atoms with Gasteiger partial charge in [0.15, 0.2) is 0 Å². The first-order chi connectivity index (χ1) is 12.7. The zero-order valence-corrected chi connectivity index (χ0v) is 15.4. The molecule has 0 radical (unpaired) electrons. The molecule has 0 heterocycles. The number of para-hydroxylation sites is 2. The number of nitrogens with one attached hydrogen (secondary N) is 2. The Morgan fingerprint density at radius 1 is 0.808 bits per heavy atom. The zero-order chi connectivity index (χ0) is 18.6. The maximum absolute atomic E-state index is 12.3. The molecule has 4 heteroatoms. The second-order valence-corrected chi connectivity index (χ2v) is 6.47. The largest absolute Gasteiger partial charge is 0.326 e. The highest BCUT2D eigenvalue weighted by Crippen LogP contribution is 2.17. The zero-order valence-electron chi connectivity index (χ0n) is 15.4. The Hall–Kier alpha value is -2.62. The summed E-state index contributed by atoms with van der Waals surface area (Å²) in [5, 5.41) is 5.87. The van der Waals surface area contributed by atoms with E-state index in [0.29, 0.717) is 6.42 Å². The Balaban J connectivity index is 1.62. The SMILES string of the molecule is CCC(CCCCCC(=O)Nc1ccccc1)C(=O)Nc1ccccc1. The van der Waals surface area contributed by atoms with E-state index >= 15 is 0 Å². The summed E-state index contributed by atoms with van der Waals surface area (Å²) >= 11 is 0. The van der Waals surface area contributed by atoms with Gasteiger partial charge in [0.1, 0.15) is 0 Å². The fourth-order valence-corrected chi connectivity index (χ4v) is 2.88. The van der Waals surface area contributed by atoms with Crippen LogP contribution in [-0.2, 0) is 9.59 Å². The van der Waals surface area contributed by atoms with Crippen LogP contribution >= 0.6 is 0 Å². The van der Waals surface area contributed by atoms with E-state index in [9.17, 15) is 9.59 Å². The lowest BCUT2D eigenvalue weighted by Crippen LogP contribution is -2.22. The number of rotatable bonds is 10. The van der Waals surface area contributed by atoms with Gasteiger partial charge >= 0.3 is 0 Å². The summed E-state index contributed by atoms with van der Waals surface area (Å²) in [6.07, 6.45) is 4.95. The van der Waals surface area contributed by atoms with Crippen molar-refractivity contribution in [1.82, 2.24) is 0 Å².